The maximum absolute atomic E-state index is 15.7. The number of hydrogen-bond acceptors (Lipinski definition) is 4. The van der Waals surface area contributed by atoms with Gasteiger partial charge in [0.25, 0.3) is 0 Å². The average molecular weight is 478 g/mol. The first kappa shape index (κ1) is 23.1. The number of aromatic nitrogens is 2. The predicted octanol–water partition coefficient (Wildman–Crippen LogP) is 6.52. The molecule has 0 amide bonds. The SMILES string of the molecule is COc1nn(-c2ccc(N3CCC(C)(C)CC3)cc2)c2c(F)c(OCc3ccccc3)c(F)cc12. The molecule has 5 nitrogen and oxygen atoms in total. The normalized spacial score (nSPS) is 15.4. The van der Waals surface area contributed by atoms with Crippen molar-refractivity contribution in [2.24, 2.45) is 5.41 Å². The van der Waals surface area contributed by atoms with Gasteiger partial charge in [-0.1, -0.05) is 44.2 Å². The molecule has 0 radical (unpaired) electrons. The molecule has 1 saturated heterocycles. The van der Waals surface area contributed by atoms with E-state index >= 15 is 4.39 Å². The largest absolute Gasteiger partial charge is 0.483 e. The van der Waals surface area contributed by atoms with E-state index in [0.717, 1.165) is 37.2 Å². The number of rotatable bonds is 6. The summed E-state index contributed by atoms with van der Waals surface area (Å²) in [5, 5.41) is 4.67. The van der Waals surface area contributed by atoms with Gasteiger partial charge in [0.15, 0.2) is 17.4 Å². The second kappa shape index (κ2) is 9.21. The van der Waals surface area contributed by atoms with Gasteiger partial charge in [-0.25, -0.2) is 13.5 Å². The lowest BCUT2D eigenvalue weighted by Gasteiger charge is -2.38. The van der Waals surface area contributed by atoms with Gasteiger partial charge >= 0.3 is 0 Å². The summed E-state index contributed by atoms with van der Waals surface area (Å²) in [6.45, 7) is 6.66. The minimum Gasteiger partial charge on any atom is -0.483 e. The first-order chi connectivity index (χ1) is 16.9. The van der Waals surface area contributed by atoms with E-state index in [-0.39, 0.29) is 23.4 Å². The second-order valence-electron chi connectivity index (χ2n) is 9.76. The molecule has 0 N–H and O–H groups in total. The summed E-state index contributed by atoms with van der Waals surface area (Å²) in [5.74, 6) is -1.89. The lowest BCUT2D eigenvalue weighted by molar-refractivity contribution is 0.275. The van der Waals surface area contributed by atoms with Crippen molar-refractivity contribution >= 4 is 16.6 Å². The topological polar surface area (TPSA) is 39.5 Å². The molecule has 0 bridgehead atoms. The Morgan fingerprint density at radius 3 is 2.26 bits per heavy atom. The maximum atomic E-state index is 15.7. The van der Waals surface area contributed by atoms with Crippen LogP contribution in [0.2, 0.25) is 0 Å². The summed E-state index contributed by atoms with van der Waals surface area (Å²) in [4.78, 5) is 2.36. The molecule has 35 heavy (non-hydrogen) atoms. The van der Waals surface area contributed by atoms with Gasteiger partial charge in [-0.05, 0) is 54.2 Å². The van der Waals surface area contributed by atoms with Crippen molar-refractivity contribution in [1.29, 1.82) is 0 Å². The molecular weight excluding hydrogens is 448 g/mol. The van der Waals surface area contributed by atoms with Crippen molar-refractivity contribution < 1.29 is 18.3 Å². The third-order valence-corrected chi connectivity index (χ3v) is 6.78. The molecule has 7 heteroatoms. The van der Waals surface area contributed by atoms with Gasteiger partial charge in [0.2, 0.25) is 5.88 Å². The minimum absolute atomic E-state index is 0.0484. The summed E-state index contributed by atoms with van der Waals surface area (Å²) in [6.07, 6.45) is 2.27. The summed E-state index contributed by atoms with van der Waals surface area (Å²) < 4.78 is 42.9. The Kier molecular flexibility index (Phi) is 6.09. The Morgan fingerprint density at radius 1 is 0.943 bits per heavy atom. The third-order valence-electron chi connectivity index (χ3n) is 6.78. The highest BCUT2D eigenvalue weighted by molar-refractivity contribution is 5.88. The number of methoxy groups -OCH3 is 1. The van der Waals surface area contributed by atoms with Gasteiger partial charge in [-0.15, -0.1) is 5.10 Å². The number of piperidine rings is 1. The zero-order valence-electron chi connectivity index (χ0n) is 20.2. The number of fused-ring (bicyclic) bond motifs is 1. The molecule has 1 aromatic heterocycles. The maximum Gasteiger partial charge on any atom is 0.241 e. The molecule has 2 heterocycles. The van der Waals surface area contributed by atoms with E-state index in [1.807, 2.05) is 54.6 Å². The molecule has 4 aromatic rings. The second-order valence-corrected chi connectivity index (χ2v) is 9.76. The number of anilines is 1. The van der Waals surface area contributed by atoms with E-state index in [9.17, 15) is 4.39 Å². The van der Waals surface area contributed by atoms with Crippen LogP contribution in [0.3, 0.4) is 0 Å². The van der Waals surface area contributed by atoms with E-state index in [4.69, 9.17) is 9.47 Å². The molecule has 182 valence electrons. The van der Waals surface area contributed by atoms with Crippen LogP contribution in [0.5, 0.6) is 11.6 Å². The molecule has 1 aliphatic heterocycles. The van der Waals surface area contributed by atoms with Crippen molar-refractivity contribution in [3.8, 4) is 17.3 Å². The standard InChI is InChI=1S/C28H29F2N3O2/c1-28(2)13-15-32(16-14-28)20-9-11-21(12-10-20)33-25-22(27(31-33)34-3)17-23(29)26(24(25)30)35-18-19-7-5-4-6-8-19/h4-12,17H,13-16,18H2,1-3H3. The Bertz CT molecular complexity index is 1320. The molecule has 0 atom stereocenters. The van der Waals surface area contributed by atoms with Crippen LogP contribution in [-0.2, 0) is 6.61 Å². The molecule has 0 unspecified atom stereocenters. The first-order valence-electron chi connectivity index (χ1n) is 11.8. The fourth-order valence-electron chi connectivity index (χ4n) is 4.53. The molecule has 0 spiro atoms. The summed E-state index contributed by atoms with van der Waals surface area (Å²) in [7, 11) is 1.43. The highest BCUT2D eigenvalue weighted by Crippen LogP contribution is 2.37. The summed E-state index contributed by atoms with van der Waals surface area (Å²) in [5.41, 5.74) is 3.06. The van der Waals surface area contributed by atoms with Crippen LogP contribution < -0.4 is 14.4 Å². The van der Waals surface area contributed by atoms with Crippen molar-refractivity contribution in [3.05, 3.63) is 77.9 Å². The van der Waals surface area contributed by atoms with Gasteiger partial charge in [0, 0.05) is 18.8 Å². The van der Waals surface area contributed by atoms with Crippen molar-refractivity contribution in [1.82, 2.24) is 9.78 Å². The number of halogens is 2. The van der Waals surface area contributed by atoms with Gasteiger partial charge in [0.05, 0.1) is 18.2 Å². The molecule has 0 saturated carbocycles. The van der Waals surface area contributed by atoms with E-state index < -0.39 is 17.4 Å². The Hall–Kier alpha value is -3.61. The van der Waals surface area contributed by atoms with Gasteiger partial charge < -0.3 is 14.4 Å². The lowest BCUT2D eigenvalue weighted by Crippen LogP contribution is -2.37. The van der Waals surface area contributed by atoms with Gasteiger partial charge in [-0.3, -0.25) is 0 Å². The van der Waals surface area contributed by atoms with Crippen molar-refractivity contribution in [2.75, 3.05) is 25.1 Å². The van der Waals surface area contributed by atoms with Crippen LogP contribution in [-0.4, -0.2) is 30.0 Å². The smallest absolute Gasteiger partial charge is 0.241 e. The molecular formula is C28H29F2N3O2. The van der Waals surface area contributed by atoms with Gasteiger partial charge in [-0.2, -0.15) is 0 Å². The van der Waals surface area contributed by atoms with Crippen LogP contribution in [0.1, 0.15) is 32.3 Å². The third kappa shape index (κ3) is 4.55. The quantitative estimate of drug-likeness (QED) is 0.317. The van der Waals surface area contributed by atoms with E-state index in [1.165, 1.54) is 17.9 Å². The lowest BCUT2D eigenvalue weighted by atomic mass is 9.82. The number of hydrogen-bond donors (Lipinski definition) is 0. The van der Waals surface area contributed by atoms with Crippen LogP contribution in [0.4, 0.5) is 14.5 Å². The number of nitrogens with zero attached hydrogens (tertiary/aromatic N) is 3. The molecule has 0 aliphatic carbocycles. The summed E-state index contributed by atoms with van der Waals surface area (Å²) >= 11 is 0. The van der Waals surface area contributed by atoms with Gasteiger partial charge in [0.1, 0.15) is 12.1 Å². The number of benzene rings is 3. The van der Waals surface area contributed by atoms with E-state index in [0.29, 0.717) is 11.1 Å². The Morgan fingerprint density at radius 2 is 1.60 bits per heavy atom. The first-order valence-corrected chi connectivity index (χ1v) is 11.8. The highest BCUT2D eigenvalue weighted by atomic mass is 19.1. The summed E-state index contributed by atoms with van der Waals surface area (Å²) in [6, 6.07) is 18.3. The van der Waals surface area contributed by atoms with Crippen LogP contribution in [0.25, 0.3) is 16.6 Å². The van der Waals surface area contributed by atoms with Crippen LogP contribution in [0.15, 0.2) is 60.7 Å². The zero-order chi connectivity index (χ0) is 24.6. The minimum atomic E-state index is -0.811. The van der Waals surface area contributed by atoms with Crippen molar-refractivity contribution in [3.63, 3.8) is 0 Å². The molecule has 3 aromatic carbocycles. The Labute approximate surface area is 203 Å². The van der Waals surface area contributed by atoms with Crippen molar-refractivity contribution in [2.45, 2.75) is 33.3 Å². The van der Waals surface area contributed by atoms with E-state index in [1.54, 1.807) is 0 Å². The fourth-order valence-corrected chi connectivity index (χ4v) is 4.53. The monoisotopic (exact) mass is 477 g/mol. The number of ether oxygens (including phenoxy) is 2. The van der Waals surface area contributed by atoms with Crippen LogP contribution >= 0.6 is 0 Å². The molecule has 1 aliphatic rings. The molecule has 5 rings (SSSR count). The fraction of sp³-hybridized carbons (Fsp3) is 0.321. The Balaban J connectivity index is 1.49. The van der Waals surface area contributed by atoms with Crippen LogP contribution in [0, 0.1) is 17.0 Å². The zero-order valence-corrected chi connectivity index (χ0v) is 20.2. The average Bonchev–Trinajstić information content (AvgIpc) is 3.23. The molecule has 1 fully saturated rings. The van der Waals surface area contributed by atoms with E-state index in [2.05, 4.69) is 23.8 Å². The highest BCUT2D eigenvalue weighted by Gasteiger charge is 2.26. The predicted molar refractivity (Wildman–Crippen MR) is 134 cm³/mol.